The highest BCUT2D eigenvalue weighted by atomic mass is 35.5. The Morgan fingerprint density at radius 1 is 1.33 bits per heavy atom. The van der Waals surface area contributed by atoms with Gasteiger partial charge in [-0.3, -0.25) is 9.59 Å². The van der Waals surface area contributed by atoms with E-state index in [1.165, 1.54) is 19.2 Å². The monoisotopic (exact) mass is 356 g/mol. The molecule has 0 aliphatic heterocycles. The van der Waals surface area contributed by atoms with Gasteiger partial charge in [-0.2, -0.15) is 0 Å². The summed E-state index contributed by atoms with van der Waals surface area (Å²) in [7, 11) is 1.47. The highest BCUT2D eigenvalue weighted by molar-refractivity contribution is 6.32. The molecule has 3 N–H and O–H groups in total. The standard InChI is InChI=1S/C17H25ClN2O4/c1-5-7-24-15-12(18)8-11(9-13(15)23-4)17(22)20-14(16(19)21)10(3)6-2/h8-10,14H,5-7H2,1-4H3,(H2,19,21)(H,20,22). The predicted octanol–water partition coefficient (Wildman–Crippen LogP) is 2.77. The van der Waals surface area contributed by atoms with Crippen molar-refractivity contribution < 1.29 is 19.1 Å². The zero-order valence-electron chi connectivity index (χ0n) is 14.5. The normalized spacial score (nSPS) is 13.0. The zero-order chi connectivity index (χ0) is 18.3. The molecule has 0 aromatic heterocycles. The van der Waals surface area contributed by atoms with Crippen molar-refractivity contribution in [3.8, 4) is 11.5 Å². The summed E-state index contributed by atoms with van der Waals surface area (Å²) in [6.45, 7) is 6.23. The fourth-order valence-corrected chi connectivity index (χ4v) is 2.41. The summed E-state index contributed by atoms with van der Waals surface area (Å²) in [5, 5.41) is 2.93. The van der Waals surface area contributed by atoms with E-state index in [-0.39, 0.29) is 16.5 Å². The lowest BCUT2D eigenvalue weighted by Gasteiger charge is -2.21. The largest absolute Gasteiger partial charge is 0.493 e. The summed E-state index contributed by atoms with van der Waals surface area (Å²) in [5.41, 5.74) is 5.65. The van der Waals surface area contributed by atoms with Crippen LogP contribution in [0.5, 0.6) is 11.5 Å². The maximum absolute atomic E-state index is 12.5. The van der Waals surface area contributed by atoms with Crippen LogP contribution in [0.15, 0.2) is 12.1 Å². The average molecular weight is 357 g/mol. The van der Waals surface area contributed by atoms with Crippen LogP contribution in [0.3, 0.4) is 0 Å². The minimum atomic E-state index is -0.747. The number of ether oxygens (including phenoxy) is 2. The van der Waals surface area contributed by atoms with E-state index in [9.17, 15) is 9.59 Å². The number of methoxy groups -OCH3 is 1. The van der Waals surface area contributed by atoms with Gasteiger partial charge in [-0.15, -0.1) is 0 Å². The van der Waals surface area contributed by atoms with Crippen LogP contribution in [0, 0.1) is 5.92 Å². The molecule has 1 aromatic carbocycles. The van der Waals surface area contributed by atoms with Gasteiger partial charge in [-0.25, -0.2) is 0 Å². The maximum Gasteiger partial charge on any atom is 0.252 e. The Balaban J connectivity index is 3.06. The van der Waals surface area contributed by atoms with Crippen molar-refractivity contribution in [3.63, 3.8) is 0 Å². The Morgan fingerprint density at radius 3 is 2.50 bits per heavy atom. The van der Waals surface area contributed by atoms with Crippen molar-refractivity contribution in [3.05, 3.63) is 22.7 Å². The van der Waals surface area contributed by atoms with Gasteiger partial charge < -0.3 is 20.5 Å². The molecule has 0 heterocycles. The lowest BCUT2D eigenvalue weighted by Crippen LogP contribution is -2.48. The van der Waals surface area contributed by atoms with Crippen molar-refractivity contribution in [1.82, 2.24) is 5.32 Å². The maximum atomic E-state index is 12.5. The summed E-state index contributed by atoms with van der Waals surface area (Å²) < 4.78 is 10.8. The van der Waals surface area contributed by atoms with Crippen LogP contribution in [0.2, 0.25) is 5.02 Å². The molecule has 0 saturated carbocycles. The summed E-state index contributed by atoms with van der Waals surface area (Å²) in [5.74, 6) is -0.331. The second kappa shape index (κ2) is 9.37. The smallest absolute Gasteiger partial charge is 0.252 e. The molecule has 2 atom stereocenters. The molecule has 0 saturated heterocycles. The first kappa shape index (κ1) is 20.1. The van der Waals surface area contributed by atoms with Crippen LogP contribution >= 0.6 is 11.6 Å². The fraction of sp³-hybridized carbons (Fsp3) is 0.529. The molecule has 0 radical (unpaired) electrons. The van der Waals surface area contributed by atoms with E-state index < -0.39 is 17.9 Å². The van der Waals surface area contributed by atoms with Crippen LogP contribution in [0.25, 0.3) is 0 Å². The van der Waals surface area contributed by atoms with Gasteiger partial charge in [0.1, 0.15) is 6.04 Å². The Bertz CT molecular complexity index is 592. The molecule has 24 heavy (non-hydrogen) atoms. The van der Waals surface area contributed by atoms with Crippen LogP contribution in [0.4, 0.5) is 0 Å². The van der Waals surface area contributed by atoms with E-state index >= 15 is 0 Å². The number of hydrogen-bond acceptors (Lipinski definition) is 4. The van der Waals surface area contributed by atoms with Crippen molar-refractivity contribution in [2.45, 2.75) is 39.7 Å². The third kappa shape index (κ3) is 5.03. The lowest BCUT2D eigenvalue weighted by molar-refractivity contribution is -0.120. The quantitative estimate of drug-likeness (QED) is 0.711. The molecule has 1 aromatic rings. The number of halogens is 1. The predicted molar refractivity (Wildman–Crippen MR) is 93.7 cm³/mol. The van der Waals surface area contributed by atoms with Gasteiger partial charge in [-0.05, 0) is 24.5 Å². The lowest BCUT2D eigenvalue weighted by atomic mass is 9.98. The number of amides is 2. The Kier molecular flexibility index (Phi) is 7.85. The van der Waals surface area contributed by atoms with Crippen LogP contribution in [-0.4, -0.2) is 31.6 Å². The second-order valence-corrected chi connectivity index (χ2v) is 5.98. The van der Waals surface area contributed by atoms with Crippen molar-refractivity contribution in [2.24, 2.45) is 11.7 Å². The first-order valence-electron chi connectivity index (χ1n) is 7.96. The molecule has 2 amide bonds. The molecule has 6 nitrogen and oxygen atoms in total. The fourth-order valence-electron chi connectivity index (χ4n) is 2.15. The molecule has 0 bridgehead atoms. The molecular weight excluding hydrogens is 332 g/mol. The molecular formula is C17H25ClN2O4. The summed E-state index contributed by atoms with van der Waals surface area (Å²) >= 11 is 6.21. The van der Waals surface area contributed by atoms with E-state index in [0.29, 0.717) is 24.5 Å². The Hall–Kier alpha value is -1.95. The van der Waals surface area contributed by atoms with Crippen LogP contribution in [0.1, 0.15) is 44.0 Å². The first-order chi connectivity index (χ1) is 11.3. The van der Waals surface area contributed by atoms with Gasteiger partial charge >= 0.3 is 0 Å². The van der Waals surface area contributed by atoms with Crippen LogP contribution in [-0.2, 0) is 4.79 Å². The SMILES string of the molecule is CCCOc1c(Cl)cc(C(=O)NC(C(N)=O)C(C)CC)cc1OC. The molecule has 0 aliphatic rings. The minimum absolute atomic E-state index is 0.0732. The van der Waals surface area contributed by atoms with Gasteiger partial charge in [0.05, 0.1) is 18.7 Å². The topological polar surface area (TPSA) is 90.6 Å². The summed E-state index contributed by atoms with van der Waals surface area (Å²) in [4.78, 5) is 24.0. The van der Waals surface area contributed by atoms with Gasteiger partial charge in [0.2, 0.25) is 5.91 Å². The van der Waals surface area contributed by atoms with Gasteiger partial charge in [0.25, 0.3) is 5.91 Å². The molecule has 134 valence electrons. The van der Waals surface area contributed by atoms with Gasteiger partial charge in [0, 0.05) is 5.56 Å². The average Bonchev–Trinajstić information content (AvgIpc) is 2.56. The van der Waals surface area contributed by atoms with Crippen molar-refractivity contribution in [2.75, 3.05) is 13.7 Å². The van der Waals surface area contributed by atoms with E-state index in [1.54, 1.807) is 0 Å². The molecule has 0 spiro atoms. The molecule has 0 fully saturated rings. The number of benzene rings is 1. The number of rotatable bonds is 9. The molecule has 1 rings (SSSR count). The Morgan fingerprint density at radius 2 is 2.00 bits per heavy atom. The number of hydrogen-bond donors (Lipinski definition) is 2. The van der Waals surface area contributed by atoms with E-state index in [2.05, 4.69) is 5.32 Å². The van der Waals surface area contributed by atoms with Crippen molar-refractivity contribution in [1.29, 1.82) is 0 Å². The Labute approximate surface area is 147 Å². The number of primary amides is 1. The molecule has 7 heteroatoms. The summed E-state index contributed by atoms with van der Waals surface area (Å²) in [6, 6.07) is 2.27. The van der Waals surface area contributed by atoms with Gasteiger partial charge in [-0.1, -0.05) is 38.8 Å². The third-order valence-electron chi connectivity index (χ3n) is 3.75. The number of carbonyl (C=O) groups excluding carboxylic acids is 2. The molecule has 2 unspecified atom stereocenters. The zero-order valence-corrected chi connectivity index (χ0v) is 15.3. The van der Waals surface area contributed by atoms with E-state index in [0.717, 1.165) is 6.42 Å². The number of carbonyl (C=O) groups is 2. The second-order valence-electron chi connectivity index (χ2n) is 5.58. The first-order valence-corrected chi connectivity index (χ1v) is 8.33. The van der Waals surface area contributed by atoms with Gasteiger partial charge in [0.15, 0.2) is 11.5 Å². The number of nitrogens with two attached hydrogens (primary N) is 1. The van der Waals surface area contributed by atoms with E-state index in [1.807, 2.05) is 20.8 Å². The van der Waals surface area contributed by atoms with Crippen LogP contribution < -0.4 is 20.5 Å². The highest BCUT2D eigenvalue weighted by Crippen LogP contribution is 2.36. The number of nitrogens with one attached hydrogen (secondary N) is 1. The highest BCUT2D eigenvalue weighted by Gasteiger charge is 2.25. The molecule has 0 aliphatic carbocycles. The minimum Gasteiger partial charge on any atom is -0.493 e. The third-order valence-corrected chi connectivity index (χ3v) is 4.03. The summed E-state index contributed by atoms with van der Waals surface area (Å²) in [6.07, 6.45) is 1.53. The van der Waals surface area contributed by atoms with Crippen molar-refractivity contribution >= 4 is 23.4 Å². The van der Waals surface area contributed by atoms with E-state index in [4.69, 9.17) is 26.8 Å².